The molecule has 2 rings (SSSR count). The zero-order valence-electron chi connectivity index (χ0n) is 10.4. The maximum Gasteiger partial charge on any atom is 0.0951 e. The van der Waals surface area contributed by atoms with E-state index in [1.54, 1.807) is 6.20 Å². The van der Waals surface area contributed by atoms with E-state index in [1.807, 2.05) is 24.3 Å². The molecule has 1 heterocycles. The summed E-state index contributed by atoms with van der Waals surface area (Å²) in [6.45, 7) is 1.17. The molecule has 96 valence electrons. The maximum atomic E-state index is 8.71. The van der Waals surface area contributed by atoms with Gasteiger partial charge in [0.05, 0.1) is 11.2 Å². The lowest BCUT2D eigenvalue weighted by Crippen LogP contribution is -2.03. The first-order chi connectivity index (χ1) is 8.83. The molecule has 18 heavy (non-hydrogen) atoms. The first kappa shape index (κ1) is 12.6. The molecule has 4 heteroatoms. The Hall–Kier alpha value is -1.81. The third kappa shape index (κ3) is 2.90. The molecule has 4 N–H and O–H groups in total. The lowest BCUT2D eigenvalue weighted by atomic mass is 10.1. The van der Waals surface area contributed by atoms with Crippen molar-refractivity contribution in [3.63, 3.8) is 0 Å². The van der Waals surface area contributed by atoms with Gasteiger partial charge in [-0.2, -0.15) is 0 Å². The van der Waals surface area contributed by atoms with Crippen LogP contribution in [0.5, 0.6) is 0 Å². The van der Waals surface area contributed by atoms with Crippen molar-refractivity contribution in [3.8, 4) is 0 Å². The molecule has 0 aliphatic carbocycles. The molecule has 0 fully saturated rings. The SMILES string of the molecule is Nc1ccc(NCCCCCO)c2cccnc12. The summed E-state index contributed by atoms with van der Waals surface area (Å²) in [6, 6.07) is 7.81. The summed E-state index contributed by atoms with van der Waals surface area (Å²) in [6.07, 6.45) is 4.71. The first-order valence-electron chi connectivity index (χ1n) is 6.31. The third-order valence-corrected chi connectivity index (χ3v) is 2.95. The Kier molecular flexibility index (Phi) is 4.36. The van der Waals surface area contributed by atoms with Gasteiger partial charge in [-0.15, -0.1) is 0 Å². The summed E-state index contributed by atoms with van der Waals surface area (Å²) in [5.41, 5.74) is 8.52. The number of fused-ring (bicyclic) bond motifs is 1. The molecule has 0 spiro atoms. The number of pyridine rings is 1. The molecule has 0 aliphatic rings. The number of benzene rings is 1. The Labute approximate surface area is 107 Å². The van der Waals surface area contributed by atoms with Crippen molar-refractivity contribution in [2.75, 3.05) is 24.2 Å². The van der Waals surface area contributed by atoms with Gasteiger partial charge in [0.15, 0.2) is 0 Å². The second kappa shape index (κ2) is 6.21. The molecular formula is C14H19N3O. The molecule has 1 aromatic carbocycles. The van der Waals surface area contributed by atoms with Crippen molar-refractivity contribution in [2.24, 2.45) is 0 Å². The highest BCUT2D eigenvalue weighted by Gasteiger charge is 2.03. The summed E-state index contributed by atoms with van der Waals surface area (Å²) in [7, 11) is 0. The second-order valence-corrected chi connectivity index (χ2v) is 4.31. The van der Waals surface area contributed by atoms with Gasteiger partial charge < -0.3 is 16.2 Å². The molecule has 0 saturated carbocycles. The topological polar surface area (TPSA) is 71.2 Å². The fraction of sp³-hybridized carbons (Fsp3) is 0.357. The van der Waals surface area contributed by atoms with Crippen LogP contribution in [0.2, 0.25) is 0 Å². The van der Waals surface area contributed by atoms with E-state index in [0.717, 1.165) is 42.4 Å². The highest BCUT2D eigenvalue weighted by molar-refractivity contribution is 5.98. The minimum absolute atomic E-state index is 0.273. The minimum Gasteiger partial charge on any atom is -0.397 e. The van der Waals surface area contributed by atoms with Gasteiger partial charge in [0.25, 0.3) is 0 Å². The number of hydrogen-bond donors (Lipinski definition) is 3. The molecule has 0 unspecified atom stereocenters. The van der Waals surface area contributed by atoms with E-state index in [-0.39, 0.29) is 6.61 Å². The number of aliphatic hydroxyl groups excluding tert-OH is 1. The van der Waals surface area contributed by atoms with E-state index < -0.39 is 0 Å². The highest BCUT2D eigenvalue weighted by Crippen LogP contribution is 2.26. The molecule has 0 aliphatic heterocycles. The van der Waals surface area contributed by atoms with Crippen molar-refractivity contribution in [1.82, 2.24) is 4.98 Å². The van der Waals surface area contributed by atoms with E-state index >= 15 is 0 Å². The molecule has 0 bridgehead atoms. The van der Waals surface area contributed by atoms with Crippen LogP contribution in [-0.2, 0) is 0 Å². The van der Waals surface area contributed by atoms with Gasteiger partial charge in [0.1, 0.15) is 0 Å². The summed E-state index contributed by atoms with van der Waals surface area (Å²) in [5, 5.41) is 13.2. The summed E-state index contributed by atoms with van der Waals surface area (Å²) < 4.78 is 0. The van der Waals surface area contributed by atoms with Gasteiger partial charge >= 0.3 is 0 Å². The number of anilines is 2. The number of aromatic nitrogens is 1. The van der Waals surface area contributed by atoms with E-state index in [4.69, 9.17) is 10.8 Å². The fourth-order valence-electron chi connectivity index (χ4n) is 1.99. The van der Waals surface area contributed by atoms with Crippen molar-refractivity contribution in [1.29, 1.82) is 0 Å². The number of nitrogens with zero attached hydrogens (tertiary/aromatic N) is 1. The maximum absolute atomic E-state index is 8.71. The first-order valence-corrected chi connectivity index (χ1v) is 6.31. The van der Waals surface area contributed by atoms with Gasteiger partial charge in [0.2, 0.25) is 0 Å². The number of hydrogen-bond acceptors (Lipinski definition) is 4. The average Bonchev–Trinajstić information content (AvgIpc) is 2.41. The van der Waals surface area contributed by atoms with E-state index in [1.165, 1.54) is 0 Å². The number of rotatable bonds is 6. The van der Waals surface area contributed by atoms with Crippen LogP contribution in [0.1, 0.15) is 19.3 Å². The molecule has 0 amide bonds. The van der Waals surface area contributed by atoms with Crippen molar-refractivity contribution >= 4 is 22.3 Å². The Morgan fingerprint density at radius 3 is 2.89 bits per heavy atom. The lowest BCUT2D eigenvalue weighted by molar-refractivity contribution is 0.283. The van der Waals surface area contributed by atoms with Gasteiger partial charge in [-0.3, -0.25) is 4.98 Å². The molecule has 4 nitrogen and oxygen atoms in total. The molecule has 0 radical (unpaired) electrons. The van der Waals surface area contributed by atoms with Crippen LogP contribution in [0.15, 0.2) is 30.5 Å². The molecule has 0 atom stereocenters. The summed E-state index contributed by atoms with van der Waals surface area (Å²) in [4.78, 5) is 4.30. The van der Waals surface area contributed by atoms with E-state index in [2.05, 4.69) is 10.3 Å². The smallest absolute Gasteiger partial charge is 0.0951 e. The normalized spacial score (nSPS) is 10.7. The van der Waals surface area contributed by atoms with E-state index in [0.29, 0.717) is 5.69 Å². The van der Waals surface area contributed by atoms with Crippen LogP contribution >= 0.6 is 0 Å². The van der Waals surface area contributed by atoms with Crippen LogP contribution in [-0.4, -0.2) is 23.2 Å². The number of nitrogens with one attached hydrogen (secondary N) is 1. The van der Waals surface area contributed by atoms with Crippen LogP contribution in [0.4, 0.5) is 11.4 Å². The zero-order chi connectivity index (χ0) is 12.8. The quantitative estimate of drug-likeness (QED) is 0.540. The third-order valence-electron chi connectivity index (χ3n) is 2.95. The van der Waals surface area contributed by atoms with Crippen LogP contribution in [0.3, 0.4) is 0 Å². The van der Waals surface area contributed by atoms with Gasteiger partial charge in [-0.05, 0) is 43.5 Å². The largest absolute Gasteiger partial charge is 0.397 e. The van der Waals surface area contributed by atoms with Crippen LogP contribution in [0.25, 0.3) is 10.9 Å². The Bertz CT molecular complexity index is 513. The van der Waals surface area contributed by atoms with Crippen LogP contribution in [0, 0.1) is 0 Å². The molecule has 0 saturated heterocycles. The van der Waals surface area contributed by atoms with Gasteiger partial charge in [0, 0.05) is 30.4 Å². The second-order valence-electron chi connectivity index (χ2n) is 4.31. The van der Waals surface area contributed by atoms with Crippen molar-refractivity contribution in [3.05, 3.63) is 30.5 Å². The molecule has 1 aromatic heterocycles. The Balaban J connectivity index is 2.07. The molecular weight excluding hydrogens is 226 g/mol. The van der Waals surface area contributed by atoms with Gasteiger partial charge in [-0.1, -0.05) is 0 Å². The highest BCUT2D eigenvalue weighted by atomic mass is 16.2. The number of nitrogens with two attached hydrogens (primary N) is 1. The predicted octanol–water partition coefficient (Wildman–Crippen LogP) is 2.39. The average molecular weight is 245 g/mol. The van der Waals surface area contributed by atoms with Crippen LogP contribution < -0.4 is 11.1 Å². The van der Waals surface area contributed by atoms with Crippen molar-refractivity contribution < 1.29 is 5.11 Å². The fourth-order valence-corrected chi connectivity index (χ4v) is 1.99. The zero-order valence-corrected chi connectivity index (χ0v) is 10.4. The summed E-state index contributed by atoms with van der Waals surface area (Å²) >= 11 is 0. The predicted molar refractivity (Wildman–Crippen MR) is 75.6 cm³/mol. The monoisotopic (exact) mass is 245 g/mol. The number of unbranched alkanes of at least 4 members (excludes halogenated alkanes) is 2. The number of aliphatic hydroxyl groups is 1. The van der Waals surface area contributed by atoms with Crippen molar-refractivity contribution in [2.45, 2.75) is 19.3 Å². The molecule has 2 aromatic rings. The standard InChI is InChI=1S/C14H19N3O/c15-12-6-7-13(16-8-2-1-3-10-18)11-5-4-9-17-14(11)12/h4-7,9,16,18H,1-3,8,10,15H2. The summed E-state index contributed by atoms with van der Waals surface area (Å²) in [5.74, 6) is 0. The Morgan fingerprint density at radius 1 is 1.17 bits per heavy atom. The van der Waals surface area contributed by atoms with Gasteiger partial charge in [-0.25, -0.2) is 0 Å². The van der Waals surface area contributed by atoms with E-state index in [9.17, 15) is 0 Å². The Morgan fingerprint density at radius 2 is 2.06 bits per heavy atom. The lowest BCUT2D eigenvalue weighted by Gasteiger charge is -2.10. The number of nitrogen functional groups attached to an aromatic ring is 1. The minimum atomic E-state index is 0.273.